The number of thiophene rings is 1. The summed E-state index contributed by atoms with van der Waals surface area (Å²) in [6.45, 7) is 0.667. The van der Waals surface area contributed by atoms with E-state index in [1.165, 1.54) is 7.11 Å². The molecule has 0 fully saturated rings. The fourth-order valence-corrected chi connectivity index (χ4v) is 4.23. The molecule has 0 unspecified atom stereocenters. The van der Waals surface area contributed by atoms with Crippen molar-refractivity contribution < 1.29 is 9.53 Å². The highest BCUT2D eigenvalue weighted by Gasteiger charge is 2.15. The first-order chi connectivity index (χ1) is 13.7. The van der Waals surface area contributed by atoms with Crippen LogP contribution in [-0.4, -0.2) is 27.6 Å². The van der Waals surface area contributed by atoms with Crippen molar-refractivity contribution in [3.05, 3.63) is 81.5 Å². The third kappa shape index (κ3) is 3.95. The van der Waals surface area contributed by atoms with E-state index in [1.807, 2.05) is 51.2 Å². The molecule has 1 aromatic carbocycles. The highest BCUT2D eigenvalue weighted by Crippen LogP contribution is 2.30. The zero-order chi connectivity index (χ0) is 19.3. The molecule has 0 atom stereocenters. The number of methoxy groups -OCH3 is 1. The van der Waals surface area contributed by atoms with Gasteiger partial charge < -0.3 is 9.30 Å². The van der Waals surface area contributed by atoms with E-state index < -0.39 is 0 Å². The van der Waals surface area contributed by atoms with Gasteiger partial charge in [0.1, 0.15) is 5.01 Å². The molecule has 0 N–H and O–H groups in total. The summed E-state index contributed by atoms with van der Waals surface area (Å²) in [5.41, 5.74) is 4.51. The number of carbonyl (C=O) groups excluding carboxylic acids is 1. The molecule has 5 nitrogen and oxygen atoms in total. The zero-order valence-electron chi connectivity index (χ0n) is 15.1. The first kappa shape index (κ1) is 18.3. The van der Waals surface area contributed by atoms with Crippen LogP contribution in [0.4, 0.5) is 0 Å². The number of esters is 1. The Hall–Kier alpha value is -3.03. The van der Waals surface area contributed by atoms with Gasteiger partial charge >= 0.3 is 5.97 Å². The minimum absolute atomic E-state index is 0.338. The molecule has 0 amide bonds. The summed E-state index contributed by atoms with van der Waals surface area (Å²) in [5, 5.41) is 6.96. The van der Waals surface area contributed by atoms with E-state index >= 15 is 0 Å². The molecule has 140 valence electrons. The van der Waals surface area contributed by atoms with Crippen LogP contribution in [0.1, 0.15) is 20.9 Å². The van der Waals surface area contributed by atoms with Gasteiger partial charge in [-0.2, -0.15) is 11.3 Å². The number of aromatic nitrogens is 3. The highest BCUT2D eigenvalue weighted by atomic mass is 32.1. The van der Waals surface area contributed by atoms with Crippen molar-refractivity contribution in [3.63, 3.8) is 0 Å². The summed E-state index contributed by atoms with van der Waals surface area (Å²) in [6.07, 6.45) is 9.39. The molecule has 4 aromatic rings. The Morgan fingerprint density at radius 2 is 2.18 bits per heavy atom. The van der Waals surface area contributed by atoms with E-state index in [9.17, 15) is 4.79 Å². The maximum Gasteiger partial charge on any atom is 0.338 e. The highest BCUT2D eigenvalue weighted by molar-refractivity contribution is 7.10. The standard InChI is InChI=1S/C21H17N3O2S2/c1-26-21(25)18-3-2-15(11-19(18)16-4-8-27-13-16)10-17(20-23-6-9-28-20)12-24-7-5-22-14-24/h2-11,13-14H,12H2,1H3. The van der Waals surface area contributed by atoms with Gasteiger partial charge in [0, 0.05) is 29.5 Å². The molecule has 0 aliphatic carbocycles. The molecule has 7 heteroatoms. The lowest BCUT2D eigenvalue weighted by Gasteiger charge is -2.10. The number of allylic oxidation sites excluding steroid dienone is 1. The molecule has 0 spiro atoms. The number of ether oxygens (including phenoxy) is 1. The Morgan fingerprint density at radius 1 is 1.25 bits per heavy atom. The second-order valence-corrected chi connectivity index (χ2v) is 7.73. The Kier molecular flexibility index (Phi) is 5.45. The van der Waals surface area contributed by atoms with Crippen LogP contribution in [0.15, 0.2) is 65.3 Å². The maximum absolute atomic E-state index is 12.2. The van der Waals surface area contributed by atoms with Gasteiger partial charge in [-0.05, 0) is 51.7 Å². The molecule has 28 heavy (non-hydrogen) atoms. The summed E-state index contributed by atoms with van der Waals surface area (Å²) >= 11 is 3.20. The van der Waals surface area contributed by atoms with Gasteiger partial charge in [-0.3, -0.25) is 0 Å². The number of nitrogens with zero attached hydrogens (tertiary/aromatic N) is 3. The van der Waals surface area contributed by atoms with Crippen molar-refractivity contribution in [1.82, 2.24) is 14.5 Å². The second-order valence-electron chi connectivity index (χ2n) is 6.05. The summed E-state index contributed by atoms with van der Waals surface area (Å²) < 4.78 is 6.97. The Labute approximate surface area is 170 Å². The van der Waals surface area contributed by atoms with Crippen molar-refractivity contribution in [3.8, 4) is 11.1 Å². The predicted molar refractivity (Wildman–Crippen MR) is 113 cm³/mol. The molecule has 3 heterocycles. The smallest absolute Gasteiger partial charge is 0.338 e. The SMILES string of the molecule is COC(=O)c1ccc(C=C(Cn2ccnc2)c2nccs2)cc1-c1ccsc1. The summed E-state index contributed by atoms with van der Waals surface area (Å²) in [5.74, 6) is -0.338. The largest absolute Gasteiger partial charge is 0.465 e. The van der Waals surface area contributed by atoms with Crippen LogP contribution in [0.2, 0.25) is 0 Å². The van der Waals surface area contributed by atoms with Crippen molar-refractivity contribution in [1.29, 1.82) is 0 Å². The average molecular weight is 408 g/mol. The summed E-state index contributed by atoms with van der Waals surface area (Å²) in [7, 11) is 1.40. The van der Waals surface area contributed by atoms with E-state index in [4.69, 9.17) is 4.74 Å². The predicted octanol–water partition coefficient (Wildman–Crippen LogP) is 5.10. The van der Waals surface area contributed by atoms with E-state index in [1.54, 1.807) is 41.4 Å². The van der Waals surface area contributed by atoms with Gasteiger partial charge in [0.25, 0.3) is 0 Å². The number of thiazole rings is 1. The molecule has 4 rings (SSSR count). The van der Waals surface area contributed by atoms with Crippen molar-refractivity contribution in [2.45, 2.75) is 6.54 Å². The third-order valence-corrected chi connectivity index (χ3v) is 5.77. The lowest BCUT2D eigenvalue weighted by atomic mass is 9.98. The number of imidazole rings is 1. The van der Waals surface area contributed by atoms with E-state index in [0.717, 1.165) is 27.3 Å². The first-order valence-corrected chi connectivity index (χ1v) is 10.4. The quantitative estimate of drug-likeness (QED) is 0.418. The van der Waals surface area contributed by atoms with Crippen LogP contribution in [-0.2, 0) is 11.3 Å². The van der Waals surface area contributed by atoms with E-state index in [-0.39, 0.29) is 5.97 Å². The first-order valence-electron chi connectivity index (χ1n) is 8.55. The number of carbonyl (C=O) groups is 1. The van der Waals surface area contributed by atoms with Crippen molar-refractivity contribution in [2.75, 3.05) is 7.11 Å². The van der Waals surface area contributed by atoms with Crippen LogP contribution >= 0.6 is 22.7 Å². The van der Waals surface area contributed by atoms with Gasteiger partial charge in [-0.25, -0.2) is 14.8 Å². The van der Waals surface area contributed by atoms with Crippen LogP contribution in [0.25, 0.3) is 22.8 Å². The van der Waals surface area contributed by atoms with Crippen molar-refractivity contribution >= 4 is 40.3 Å². The topological polar surface area (TPSA) is 57.0 Å². The number of hydrogen-bond donors (Lipinski definition) is 0. The van der Waals surface area contributed by atoms with Crippen molar-refractivity contribution in [2.24, 2.45) is 0 Å². The number of hydrogen-bond acceptors (Lipinski definition) is 6. The molecule has 0 aliphatic heterocycles. The van der Waals surface area contributed by atoms with Gasteiger partial charge in [-0.1, -0.05) is 6.07 Å². The normalized spacial score (nSPS) is 11.5. The lowest BCUT2D eigenvalue weighted by Crippen LogP contribution is -2.03. The monoisotopic (exact) mass is 407 g/mol. The molecule has 3 aromatic heterocycles. The van der Waals surface area contributed by atoms with Gasteiger partial charge in [-0.15, -0.1) is 11.3 Å². The number of rotatable bonds is 6. The van der Waals surface area contributed by atoms with Gasteiger partial charge in [0.15, 0.2) is 0 Å². The van der Waals surface area contributed by atoms with E-state index in [2.05, 4.69) is 16.0 Å². The lowest BCUT2D eigenvalue weighted by molar-refractivity contribution is 0.0601. The van der Waals surface area contributed by atoms with Gasteiger partial charge in [0.2, 0.25) is 0 Å². The minimum Gasteiger partial charge on any atom is -0.465 e. The molecule has 0 aliphatic rings. The van der Waals surface area contributed by atoms with Crippen LogP contribution in [0.3, 0.4) is 0 Å². The van der Waals surface area contributed by atoms with Crippen LogP contribution in [0, 0.1) is 0 Å². The Balaban J connectivity index is 1.78. The van der Waals surface area contributed by atoms with Crippen LogP contribution < -0.4 is 0 Å². The molecule has 0 bridgehead atoms. The fraction of sp³-hybridized carbons (Fsp3) is 0.0952. The Morgan fingerprint density at radius 3 is 2.86 bits per heavy atom. The molecular weight excluding hydrogens is 390 g/mol. The maximum atomic E-state index is 12.2. The third-order valence-electron chi connectivity index (χ3n) is 4.24. The fourth-order valence-electron chi connectivity index (χ4n) is 2.93. The zero-order valence-corrected chi connectivity index (χ0v) is 16.7. The summed E-state index contributed by atoms with van der Waals surface area (Å²) in [4.78, 5) is 20.8. The number of benzene rings is 1. The molecular formula is C21H17N3O2S2. The van der Waals surface area contributed by atoms with E-state index in [0.29, 0.717) is 12.1 Å². The second kappa shape index (κ2) is 8.33. The minimum atomic E-state index is -0.338. The average Bonchev–Trinajstić information content (AvgIpc) is 3.50. The van der Waals surface area contributed by atoms with Gasteiger partial charge in [0.05, 0.1) is 25.5 Å². The van der Waals surface area contributed by atoms with Crippen LogP contribution in [0.5, 0.6) is 0 Å². The Bertz CT molecular complexity index is 1080. The molecule has 0 saturated heterocycles. The molecule has 0 radical (unpaired) electrons. The summed E-state index contributed by atoms with van der Waals surface area (Å²) in [6, 6.07) is 7.79. The molecule has 0 saturated carbocycles.